The highest BCUT2D eigenvalue weighted by atomic mass is 28.3. The number of allylic oxidation sites excluding steroid dienone is 2. The first-order valence-electron chi connectivity index (χ1n) is 9.43. The van der Waals surface area contributed by atoms with Gasteiger partial charge in [-0.1, -0.05) is 89.9 Å². The predicted octanol–water partition coefficient (Wildman–Crippen LogP) is 5.98. The Balaban J connectivity index is 2.28. The summed E-state index contributed by atoms with van der Waals surface area (Å²) >= 11 is 0. The van der Waals surface area contributed by atoms with Gasteiger partial charge in [0.05, 0.1) is 0 Å². The van der Waals surface area contributed by atoms with Crippen LogP contribution in [0.3, 0.4) is 0 Å². The zero-order valence-corrected chi connectivity index (χ0v) is 17.5. The SMILES string of the molecule is CC(C)[Si](C#CC1(O)C=CC(c2ccccc2)=CC1)(C(C)C)C(C)C. The van der Waals surface area contributed by atoms with Gasteiger partial charge in [-0.2, -0.15) is 0 Å². The molecule has 1 aliphatic rings. The van der Waals surface area contributed by atoms with Crippen LogP contribution < -0.4 is 0 Å². The van der Waals surface area contributed by atoms with Crippen LogP contribution in [-0.4, -0.2) is 18.8 Å². The van der Waals surface area contributed by atoms with E-state index < -0.39 is 13.7 Å². The second-order valence-corrected chi connectivity index (χ2v) is 13.7. The summed E-state index contributed by atoms with van der Waals surface area (Å²) in [7, 11) is -1.82. The summed E-state index contributed by atoms with van der Waals surface area (Å²) in [6.45, 7) is 13.8. The largest absolute Gasteiger partial charge is 0.374 e. The monoisotopic (exact) mass is 352 g/mol. The molecule has 0 radical (unpaired) electrons. The van der Waals surface area contributed by atoms with E-state index in [1.807, 2.05) is 30.4 Å². The van der Waals surface area contributed by atoms with Gasteiger partial charge in [0.2, 0.25) is 0 Å². The lowest BCUT2D eigenvalue weighted by molar-refractivity contribution is 0.155. The molecule has 1 aromatic carbocycles. The molecular formula is C23H32OSi. The molecular weight excluding hydrogens is 320 g/mol. The van der Waals surface area contributed by atoms with E-state index in [-0.39, 0.29) is 0 Å². The van der Waals surface area contributed by atoms with E-state index in [2.05, 4.69) is 71.2 Å². The minimum absolute atomic E-state index is 0.555. The molecule has 0 aliphatic heterocycles. The molecule has 2 rings (SSSR count). The van der Waals surface area contributed by atoms with Gasteiger partial charge in [-0.25, -0.2) is 0 Å². The fraction of sp³-hybridized carbons (Fsp3) is 0.478. The lowest BCUT2D eigenvalue weighted by Crippen LogP contribution is -2.44. The molecule has 1 unspecified atom stereocenters. The number of aliphatic hydroxyl groups is 1. The summed E-state index contributed by atoms with van der Waals surface area (Å²) in [4.78, 5) is 0. The molecule has 0 aromatic heterocycles. The molecule has 0 saturated carbocycles. The number of hydrogen-bond donors (Lipinski definition) is 1. The van der Waals surface area contributed by atoms with Gasteiger partial charge in [-0.15, -0.1) is 5.54 Å². The summed E-state index contributed by atoms with van der Waals surface area (Å²) in [5.74, 6) is 3.29. The van der Waals surface area contributed by atoms with Crippen molar-refractivity contribution in [2.24, 2.45) is 0 Å². The first-order valence-corrected chi connectivity index (χ1v) is 11.7. The number of hydrogen-bond acceptors (Lipinski definition) is 1. The number of rotatable bonds is 4. The van der Waals surface area contributed by atoms with Gasteiger partial charge in [0.1, 0.15) is 13.7 Å². The lowest BCUT2D eigenvalue weighted by atomic mass is 9.90. The minimum atomic E-state index is -1.82. The molecule has 25 heavy (non-hydrogen) atoms. The fourth-order valence-corrected chi connectivity index (χ4v) is 9.52. The third kappa shape index (κ3) is 4.16. The van der Waals surface area contributed by atoms with Crippen LogP contribution in [-0.2, 0) is 0 Å². The van der Waals surface area contributed by atoms with Crippen LogP contribution in [0, 0.1) is 11.5 Å². The summed E-state index contributed by atoms with van der Waals surface area (Å²) in [5, 5.41) is 11.0. The third-order valence-electron chi connectivity index (χ3n) is 5.64. The summed E-state index contributed by atoms with van der Waals surface area (Å²) in [6.07, 6.45) is 6.55. The van der Waals surface area contributed by atoms with Gasteiger partial charge in [-0.3, -0.25) is 0 Å². The van der Waals surface area contributed by atoms with Crippen LogP contribution in [0.4, 0.5) is 0 Å². The van der Waals surface area contributed by atoms with Gasteiger partial charge >= 0.3 is 0 Å². The van der Waals surface area contributed by atoms with Crippen LogP contribution in [0.1, 0.15) is 53.5 Å². The molecule has 1 aliphatic carbocycles. The van der Waals surface area contributed by atoms with Gasteiger partial charge in [0.25, 0.3) is 0 Å². The number of benzene rings is 1. The van der Waals surface area contributed by atoms with E-state index in [9.17, 15) is 5.11 Å². The maximum atomic E-state index is 11.0. The van der Waals surface area contributed by atoms with Gasteiger partial charge < -0.3 is 5.11 Å². The highest BCUT2D eigenvalue weighted by Crippen LogP contribution is 2.41. The first-order chi connectivity index (χ1) is 11.7. The van der Waals surface area contributed by atoms with Crippen molar-refractivity contribution < 1.29 is 5.11 Å². The Bertz CT molecular complexity index is 679. The summed E-state index contributed by atoms with van der Waals surface area (Å²) in [6, 6.07) is 10.3. The van der Waals surface area contributed by atoms with Crippen LogP contribution in [0.5, 0.6) is 0 Å². The summed E-state index contributed by atoms with van der Waals surface area (Å²) < 4.78 is 0. The molecule has 0 amide bonds. The predicted molar refractivity (Wildman–Crippen MR) is 112 cm³/mol. The molecule has 2 heteroatoms. The average Bonchev–Trinajstić information content (AvgIpc) is 2.56. The smallest absolute Gasteiger partial charge is 0.147 e. The van der Waals surface area contributed by atoms with Crippen molar-refractivity contribution in [3.63, 3.8) is 0 Å². The average molecular weight is 353 g/mol. The van der Waals surface area contributed by atoms with E-state index in [1.165, 1.54) is 5.56 Å². The van der Waals surface area contributed by atoms with E-state index in [1.54, 1.807) is 0 Å². The van der Waals surface area contributed by atoms with Gasteiger partial charge in [-0.05, 0) is 33.8 Å². The normalized spacial score (nSPS) is 20.6. The van der Waals surface area contributed by atoms with Crippen LogP contribution >= 0.6 is 0 Å². The first kappa shape index (κ1) is 19.8. The molecule has 134 valence electrons. The molecule has 0 bridgehead atoms. The van der Waals surface area contributed by atoms with Crippen LogP contribution in [0.15, 0.2) is 48.6 Å². The van der Waals surface area contributed by atoms with Crippen molar-refractivity contribution in [2.45, 2.75) is 70.2 Å². The highest BCUT2D eigenvalue weighted by Gasteiger charge is 2.42. The van der Waals surface area contributed by atoms with Gasteiger partial charge in [0.15, 0.2) is 0 Å². The third-order valence-corrected chi connectivity index (χ3v) is 11.9. The Labute approximate surface area is 154 Å². The molecule has 0 saturated heterocycles. The Morgan fingerprint density at radius 2 is 1.52 bits per heavy atom. The van der Waals surface area contributed by atoms with Crippen molar-refractivity contribution in [1.82, 2.24) is 0 Å². The molecule has 0 spiro atoms. The maximum Gasteiger partial charge on any atom is 0.147 e. The van der Waals surface area contributed by atoms with E-state index in [4.69, 9.17) is 0 Å². The highest BCUT2D eigenvalue weighted by molar-refractivity contribution is 6.90. The zero-order chi connectivity index (χ0) is 18.7. The van der Waals surface area contributed by atoms with E-state index in [0.717, 1.165) is 5.57 Å². The van der Waals surface area contributed by atoms with Crippen molar-refractivity contribution in [3.8, 4) is 11.5 Å². The standard InChI is InChI=1S/C23H32OSi/c1-18(2)25(19(3)4,20(5)6)17-16-23(24)14-12-22(13-15-23)21-10-8-7-9-11-21/h7-14,18-20,24H,15H2,1-6H3. The molecule has 1 aromatic rings. The Kier molecular flexibility index (Phi) is 6.14. The van der Waals surface area contributed by atoms with Crippen molar-refractivity contribution in [3.05, 3.63) is 54.1 Å². The Morgan fingerprint density at radius 3 is 1.96 bits per heavy atom. The Morgan fingerprint density at radius 1 is 0.960 bits per heavy atom. The van der Waals surface area contributed by atoms with Crippen LogP contribution in [0.2, 0.25) is 16.6 Å². The topological polar surface area (TPSA) is 20.2 Å². The fourth-order valence-electron chi connectivity index (χ4n) is 4.22. The molecule has 0 fully saturated rings. The lowest BCUT2D eigenvalue weighted by Gasteiger charge is -2.38. The summed E-state index contributed by atoms with van der Waals surface area (Å²) in [5.41, 5.74) is 6.69. The zero-order valence-electron chi connectivity index (χ0n) is 16.5. The molecule has 0 heterocycles. The minimum Gasteiger partial charge on any atom is -0.374 e. The van der Waals surface area contributed by atoms with Crippen molar-refractivity contribution >= 4 is 13.6 Å². The van der Waals surface area contributed by atoms with Crippen LogP contribution in [0.25, 0.3) is 5.57 Å². The quantitative estimate of drug-likeness (QED) is 0.522. The van der Waals surface area contributed by atoms with E-state index in [0.29, 0.717) is 23.0 Å². The maximum absolute atomic E-state index is 11.0. The van der Waals surface area contributed by atoms with Crippen molar-refractivity contribution in [2.75, 3.05) is 0 Å². The van der Waals surface area contributed by atoms with Gasteiger partial charge in [0, 0.05) is 6.42 Å². The molecule has 1 atom stereocenters. The second-order valence-electron chi connectivity index (χ2n) is 8.13. The molecule has 1 nitrogen and oxygen atoms in total. The Hall–Kier alpha value is -1.56. The second kappa shape index (κ2) is 7.77. The van der Waals surface area contributed by atoms with Crippen molar-refractivity contribution in [1.29, 1.82) is 0 Å². The van der Waals surface area contributed by atoms with E-state index >= 15 is 0 Å². The molecule has 1 N–H and O–H groups in total.